The van der Waals surface area contributed by atoms with Crippen LogP contribution in [0.15, 0.2) is 48.5 Å². The molecule has 2 heterocycles. The van der Waals surface area contributed by atoms with Gasteiger partial charge in [-0.3, -0.25) is 0 Å². The van der Waals surface area contributed by atoms with Crippen molar-refractivity contribution < 1.29 is 0 Å². The number of nitrogens with zero attached hydrogens (tertiary/aromatic N) is 4. The number of fused-ring (bicyclic) bond motifs is 5. The van der Waals surface area contributed by atoms with Crippen LogP contribution < -0.4 is 4.90 Å². The lowest BCUT2D eigenvalue weighted by Gasteiger charge is -2.29. The summed E-state index contributed by atoms with van der Waals surface area (Å²) in [7, 11) is 0. The van der Waals surface area contributed by atoms with Gasteiger partial charge in [-0.05, 0) is 31.9 Å². The largest absolute Gasteiger partial charge is 0.367 e. The monoisotopic (exact) mass is 332 g/mol. The van der Waals surface area contributed by atoms with Crippen molar-refractivity contribution in [2.45, 2.75) is 39.8 Å². The second-order valence-corrected chi connectivity index (χ2v) is 6.68. The minimum atomic E-state index is 0.311. The molecule has 0 spiro atoms. The second kappa shape index (κ2) is 6.36. The highest BCUT2D eigenvalue weighted by atomic mass is 15.4. The summed E-state index contributed by atoms with van der Waals surface area (Å²) in [4.78, 5) is 2.44. The molecular weight excluding hydrogens is 308 g/mol. The van der Waals surface area contributed by atoms with Crippen LogP contribution in [-0.2, 0) is 6.54 Å². The van der Waals surface area contributed by atoms with Crippen LogP contribution in [0.2, 0.25) is 0 Å². The van der Waals surface area contributed by atoms with Crippen LogP contribution in [0, 0.1) is 0 Å². The van der Waals surface area contributed by atoms with Crippen molar-refractivity contribution in [1.29, 1.82) is 0 Å². The van der Waals surface area contributed by atoms with Crippen molar-refractivity contribution in [3.8, 4) is 22.5 Å². The molecule has 128 valence electrons. The first-order chi connectivity index (χ1) is 12.2. The third kappa shape index (κ3) is 2.53. The van der Waals surface area contributed by atoms with Crippen molar-refractivity contribution in [2.75, 3.05) is 11.4 Å². The predicted octanol–water partition coefficient (Wildman–Crippen LogP) is 4.92. The fourth-order valence-corrected chi connectivity index (χ4v) is 3.62. The quantitative estimate of drug-likeness (QED) is 0.682. The van der Waals surface area contributed by atoms with Gasteiger partial charge >= 0.3 is 0 Å². The SMILES string of the molecule is CCC(C)n1nnc2c1-c1ccccc1N(CC)Cc1ccccc1-2. The van der Waals surface area contributed by atoms with E-state index in [0.29, 0.717) is 6.04 Å². The van der Waals surface area contributed by atoms with Crippen LogP contribution in [0.1, 0.15) is 38.8 Å². The summed E-state index contributed by atoms with van der Waals surface area (Å²) in [5.74, 6) is 0. The highest BCUT2D eigenvalue weighted by Gasteiger charge is 2.26. The molecule has 1 atom stereocenters. The molecule has 0 saturated carbocycles. The number of para-hydroxylation sites is 1. The van der Waals surface area contributed by atoms with Gasteiger partial charge in [0.05, 0.1) is 11.7 Å². The van der Waals surface area contributed by atoms with Crippen LogP contribution in [0.25, 0.3) is 22.5 Å². The zero-order valence-electron chi connectivity index (χ0n) is 15.1. The van der Waals surface area contributed by atoms with Gasteiger partial charge in [-0.2, -0.15) is 0 Å². The van der Waals surface area contributed by atoms with Gasteiger partial charge in [0, 0.05) is 29.9 Å². The molecule has 25 heavy (non-hydrogen) atoms. The molecule has 3 aromatic rings. The maximum absolute atomic E-state index is 4.61. The average molecular weight is 332 g/mol. The van der Waals surface area contributed by atoms with E-state index >= 15 is 0 Å². The van der Waals surface area contributed by atoms with Crippen LogP contribution in [0.3, 0.4) is 0 Å². The van der Waals surface area contributed by atoms with Gasteiger partial charge in [-0.15, -0.1) is 5.10 Å². The van der Waals surface area contributed by atoms with Gasteiger partial charge in [0.2, 0.25) is 0 Å². The molecule has 4 rings (SSSR count). The fraction of sp³-hybridized carbons (Fsp3) is 0.333. The maximum atomic E-state index is 4.61. The molecule has 0 aliphatic carbocycles. The van der Waals surface area contributed by atoms with E-state index in [0.717, 1.165) is 30.9 Å². The Morgan fingerprint density at radius 3 is 2.48 bits per heavy atom. The Kier molecular flexibility index (Phi) is 4.04. The van der Waals surface area contributed by atoms with Gasteiger partial charge in [-0.25, -0.2) is 4.68 Å². The third-order valence-corrected chi connectivity index (χ3v) is 5.22. The lowest BCUT2D eigenvalue weighted by molar-refractivity contribution is 0.469. The normalized spacial score (nSPS) is 14.1. The summed E-state index contributed by atoms with van der Waals surface area (Å²) in [6.07, 6.45) is 1.02. The summed E-state index contributed by atoms with van der Waals surface area (Å²) < 4.78 is 2.10. The minimum absolute atomic E-state index is 0.311. The second-order valence-electron chi connectivity index (χ2n) is 6.68. The lowest BCUT2D eigenvalue weighted by atomic mass is 9.95. The Morgan fingerprint density at radius 1 is 1.00 bits per heavy atom. The Hall–Kier alpha value is -2.62. The lowest BCUT2D eigenvalue weighted by Crippen LogP contribution is -2.24. The molecule has 1 unspecified atom stereocenters. The van der Waals surface area contributed by atoms with E-state index in [2.05, 4.69) is 89.2 Å². The van der Waals surface area contributed by atoms with E-state index in [4.69, 9.17) is 0 Å². The summed E-state index contributed by atoms with van der Waals surface area (Å²) in [6.45, 7) is 8.47. The van der Waals surface area contributed by atoms with Crippen LogP contribution in [0.5, 0.6) is 0 Å². The molecule has 1 aliphatic rings. The molecule has 0 saturated heterocycles. The van der Waals surface area contributed by atoms with E-state index in [-0.39, 0.29) is 0 Å². The highest BCUT2D eigenvalue weighted by molar-refractivity contribution is 5.88. The summed E-state index contributed by atoms with van der Waals surface area (Å²) >= 11 is 0. The van der Waals surface area contributed by atoms with E-state index in [9.17, 15) is 0 Å². The van der Waals surface area contributed by atoms with Gasteiger partial charge in [-0.1, -0.05) is 54.6 Å². The number of aromatic nitrogens is 3. The summed E-state index contributed by atoms with van der Waals surface area (Å²) in [6, 6.07) is 17.5. The molecule has 0 fully saturated rings. The molecular formula is C21H24N4. The van der Waals surface area contributed by atoms with Crippen LogP contribution in [-0.4, -0.2) is 21.5 Å². The van der Waals surface area contributed by atoms with Crippen LogP contribution in [0.4, 0.5) is 5.69 Å². The summed E-state index contributed by atoms with van der Waals surface area (Å²) in [5.41, 5.74) is 7.11. The Bertz CT molecular complexity index is 896. The molecule has 4 nitrogen and oxygen atoms in total. The van der Waals surface area contributed by atoms with E-state index in [1.807, 2.05) is 0 Å². The highest BCUT2D eigenvalue weighted by Crippen LogP contribution is 2.41. The number of benzene rings is 2. The topological polar surface area (TPSA) is 34.0 Å². The molecule has 4 heteroatoms. The molecule has 1 aromatic heterocycles. The van der Waals surface area contributed by atoms with Crippen molar-refractivity contribution in [3.63, 3.8) is 0 Å². The first-order valence-electron chi connectivity index (χ1n) is 9.12. The average Bonchev–Trinajstić information content (AvgIpc) is 3.09. The molecule has 2 aromatic carbocycles. The Morgan fingerprint density at radius 2 is 1.72 bits per heavy atom. The zero-order chi connectivity index (χ0) is 17.4. The zero-order valence-corrected chi connectivity index (χ0v) is 15.1. The standard InChI is InChI=1S/C21H24N4/c1-4-15(3)25-21-18-12-8-9-13-19(18)24(5-2)14-16-10-6-7-11-17(16)20(21)22-23-25/h6-13,15H,4-5,14H2,1-3H3. The first-order valence-corrected chi connectivity index (χ1v) is 9.12. The van der Waals surface area contributed by atoms with Gasteiger partial charge in [0.1, 0.15) is 5.69 Å². The Labute approximate surface area is 149 Å². The molecule has 0 amide bonds. The van der Waals surface area contributed by atoms with Crippen molar-refractivity contribution >= 4 is 5.69 Å². The Balaban J connectivity index is 2.07. The van der Waals surface area contributed by atoms with Gasteiger partial charge in [0.15, 0.2) is 0 Å². The molecule has 0 N–H and O–H groups in total. The smallest absolute Gasteiger partial charge is 0.121 e. The number of anilines is 1. The van der Waals surface area contributed by atoms with Gasteiger partial charge in [0.25, 0.3) is 0 Å². The van der Waals surface area contributed by atoms with Crippen molar-refractivity contribution in [3.05, 3.63) is 54.1 Å². The number of hydrogen-bond donors (Lipinski definition) is 0. The summed E-state index contributed by atoms with van der Waals surface area (Å²) in [5, 5.41) is 9.16. The van der Waals surface area contributed by atoms with E-state index in [1.54, 1.807) is 0 Å². The fourth-order valence-electron chi connectivity index (χ4n) is 3.62. The minimum Gasteiger partial charge on any atom is -0.367 e. The number of rotatable bonds is 3. The molecule has 0 bridgehead atoms. The third-order valence-electron chi connectivity index (χ3n) is 5.22. The van der Waals surface area contributed by atoms with E-state index in [1.165, 1.54) is 22.4 Å². The van der Waals surface area contributed by atoms with Crippen molar-refractivity contribution in [1.82, 2.24) is 15.0 Å². The molecule has 1 aliphatic heterocycles. The predicted molar refractivity (Wildman–Crippen MR) is 103 cm³/mol. The van der Waals surface area contributed by atoms with Crippen LogP contribution >= 0.6 is 0 Å². The van der Waals surface area contributed by atoms with Gasteiger partial charge < -0.3 is 4.90 Å². The maximum Gasteiger partial charge on any atom is 0.121 e. The number of hydrogen-bond acceptors (Lipinski definition) is 3. The first kappa shape index (κ1) is 15.9. The van der Waals surface area contributed by atoms with Crippen molar-refractivity contribution in [2.24, 2.45) is 0 Å². The molecule has 0 radical (unpaired) electrons. The van der Waals surface area contributed by atoms with E-state index < -0.39 is 0 Å².